The number of benzene rings is 2. The fraction of sp³-hybridized carbons (Fsp3) is 0.222. The number of amides is 1. The molecule has 4 heteroatoms. The maximum Gasteiger partial charge on any atom is 0.340 e. The molecule has 0 unspecified atom stereocenters. The van der Waals surface area contributed by atoms with Gasteiger partial charge < -0.3 is 10.1 Å². The third kappa shape index (κ3) is 4.19. The number of rotatable bonds is 5. The number of para-hydroxylation sites is 1. The average molecular weight is 297 g/mol. The second-order valence-corrected chi connectivity index (χ2v) is 5.36. The summed E-state index contributed by atoms with van der Waals surface area (Å²) in [6, 6.07) is 15.7. The van der Waals surface area contributed by atoms with Crippen molar-refractivity contribution >= 4 is 17.6 Å². The van der Waals surface area contributed by atoms with Crippen molar-refractivity contribution in [3.63, 3.8) is 0 Å². The van der Waals surface area contributed by atoms with Gasteiger partial charge in [0.05, 0.1) is 17.9 Å². The minimum atomic E-state index is -0.433. The highest BCUT2D eigenvalue weighted by Crippen LogP contribution is 2.17. The largest absolute Gasteiger partial charge is 0.462 e. The highest BCUT2D eigenvalue weighted by Gasteiger charge is 2.15. The summed E-state index contributed by atoms with van der Waals surface area (Å²) < 4.78 is 5.23. The lowest BCUT2D eigenvalue weighted by atomic mass is 10.1. The lowest BCUT2D eigenvalue weighted by molar-refractivity contribution is 0.0460. The molecule has 0 aliphatic rings. The van der Waals surface area contributed by atoms with Gasteiger partial charge in [-0.15, -0.1) is 0 Å². The van der Waals surface area contributed by atoms with Crippen molar-refractivity contribution in [2.75, 3.05) is 11.9 Å². The summed E-state index contributed by atoms with van der Waals surface area (Å²) in [6.45, 7) is 4.28. The van der Waals surface area contributed by atoms with Crippen LogP contribution < -0.4 is 5.32 Å². The lowest BCUT2D eigenvalue weighted by Gasteiger charge is -2.12. The minimum absolute atomic E-state index is 0.259. The quantitative estimate of drug-likeness (QED) is 0.855. The number of hydrogen-bond donors (Lipinski definition) is 1. The van der Waals surface area contributed by atoms with Crippen LogP contribution in [0.2, 0.25) is 0 Å². The van der Waals surface area contributed by atoms with Crippen molar-refractivity contribution in [3.05, 3.63) is 65.7 Å². The molecular formula is C18H19NO3. The molecule has 4 nitrogen and oxygen atoms in total. The first kappa shape index (κ1) is 15.8. The molecular weight excluding hydrogens is 278 g/mol. The zero-order chi connectivity index (χ0) is 15.9. The van der Waals surface area contributed by atoms with Gasteiger partial charge in [-0.2, -0.15) is 0 Å². The molecule has 22 heavy (non-hydrogen) atoms. The Bertz CT molecular complexity index is 650. The average Bonchev–Trinajstić information content (AvgIpc) is 2.54. The number of esters is 1. The molecule has 2 aromatic rings. The monoisotopic (exact) mass is 297 g/mol. The maximum absolute atomic E-state index is 12.2. The molecule has 1 amide bonds. The van der Waals surface area contributed by atoms with Crippen molar-refractivity contribution in [1.29, 1.82) is 0 Å². The van der Waals surface area contributed by atoms with E-state index in [1.54, 1.807) is 48.5 Å². The van der Waals surface area contributed by atoms with Gasteiger partial charge in [-0.1, -0.05) is 44.2 Å². The minimum Gasteiger partial charge on any atom is -0.462 e. The predicted molar refractivity (Wildman–Crippen MR) is 86.0 cm³/mol. The molecule has 2 aromatic carbocycles. The van der Waals surface area contributed by atoms with E-state index in [1.807, 2.05) is 19.9 Å². The Morgan fingerprint density at radius 3 is 2.32 bits per heavy atom. The van der Waals surface area contributed by atoms with E-state index in [0.717, 1.165) is 0 Å². The van der Waals surface area contributed by atoms with Gasteiger partial charge in [-0.3, -0.25) is 4.79 Å². The summed E-state index contributed by atoms with van der Waals surface area (Å²) in [7, 11) is 0. The SMILES string of the molecule is CC(C)COC(=O)c1ccccc1NC(=O)c1ccccc1. The first-order valence-electron chi connectivity index (χ1n) is 7.20. The molecule has 2 rings (SSSR count). The maximum atomic E-state index is 12.2. The van der Waals surface area contributed by atoms with Crippen molar-refractivity contribution < 1.29 is 14.3 Å². The molecule has 1 N–H and O–H groups in total. The van der Waals surface area contributed by atoms with E-state index in [-0.39, 0.29) is 11.8 Å². The van der Waals surface area contributed by atoms with E-state index in [1.165, 1.54) is 0 Å². The van der Waals surface area contributed by atoms with Gasteiger partial charge in [0, 0.05) is 5.56 Å². The molecule has 0 radical (unpaired) electrons. The van der Waals surface area contributed by atoms with Gasteiger partial charge in [-0.05, 0) is 30.2 Å². The Balaban J connectivity index is 2.15. The van der Waals surface area contributed by atoms with Gasteiger partial charge in [-0.25, -0.2) is 4.79 Å². The van der Waals surface area contributed by atoms with E-state index >= 15 is 0 Å². The van der Waals surface area contributed by atoms with Crippen molar-refractivity contribution in [3.8, 4) is 0 Å². The molecule has 0 aromatic heterocycles. The number of nitrogens with one attached hydrogen (secondary N) is 1. The summed E-state index contributed by atoms with van der Waals surface area (Å²) in [4.78, 5) is 24.3. The normalized spacial score (nSPS) is 10.3. The standard InChI is InChI=1S/C18H19NO3/c1-13(2)12-22-18(21)15-10-6-7-11-16(15)19-17(20)14-8-4-3-5-9-14/h3-11,13H,12H2,1-2H3,(H,19,20). The number of carbonyl (C=O) groups excluding carboxylic acids is 2. The molecule has 0 aliphatic carbocycles. The van der Waals surface area contributed by atoms with Crippen LogP contribution in [0.3, 0.4) is 0 Å². The number of carbonyl (C=O) groups is 2. The molecule has 0 saturated carbocycles. The molecule has 0 atom stereocenters. The summed E-state index contributed by atoms with van der Waals surface area (Å²) in [5.74, 6) is -0.433. The van der Waals surface area contributed by atoms with Crippen LogP contribution in [0.4, 0.5) is 5.69 Å². The molecule has 0 saturated heterocycles. The second kappa shape index (κ2) is 7.41. The summed E-state index contributed by atoms with van der Waals surface area (Å²) in [5, 5.41) is 2.76. The summed E-state index contributed by atoms with van der Waals surface area (Å²) >= 11 is 0. The van der Waals surface area contributed by atoms with Crippen molar-refractivity contribution in [2.45, 2.75) is 13.8 Å². The summed E-state index contributed by atoms with van der Waals surface area (Å²) in [5.41, 5.74) is 1.34. The van der Waals surface area contributed by atoms with E-state index in [4.69, 9.17) is 4.74 Å². The van der Waals surface area contributed by atoms with Crippen LogP contribution in [0.25, 0.3) is 0 Å². The van der Waals surface area contributed by atoms with E-state index < -0.39 is 5.97 Å². The molecule has 0 fully saturated rings. The van der Waals surface area contributed by atoms with Gasteiger partial charge in [0.2, 0.25) is 0 Å². The Kier molecular flexibility index (Phi) is 5.31. The zero-order valence-corrected chi connectivity index (χ0v) is 12.7. The van der Waals surface area contributed by atoms with Gasteiger partial charge in [0.1, 0.15) is 0 Å². The second-order valence-electron chi connectivity index (χ2n) is 5.36. The van der Waals surface area contributed by atoms with Crippen LogP contribution in [-0.4, -0.2) is 18.5 Å². The van der Waals surface area contributed by atoms with Crippen LogP contribution in [0.5, 0.6) is 0 Å². The van der Waals surface area contributed by atoms with E-state index in [0.29, 0.717) is 23.4 Å². The molecule has 0 heterocycles. The van der Waals surface area contributed by atoms with Crippen LogP contribution in [0.1, 0.15) is 34.6 Å². The van der Waals surface area contributed by atoms with Crippen molar-refractivity contribution in [1.82, 2.24) is 0 Å². The van der Waals surface area contributed by atoms with Gasteiger partial charge >= 0.3 is 5.97 Å². The Labute approximate surface area is 130 Å². The predicted octanol–water partition coefficient (Wildman–Crippen LogP) is 3.75. The third-order valence-electron chi connectivity index (χ3n) is 2.98. The number of hydrogen-bond acceptors (Lipinski definition) is 3. The molecule has 0 spiro atoms. The van der Waals surface area contributed by atoms with Crippen LogP contribution in [0, 0.1) is 5.92 Å². The van der Waals surface area contributed by atoms with Crippen LogP contribution in [0.15, 0.2) is 54.6 Å². The highest BCUT2D eigenvalue weighted by atomic mass is 16.5. The van der Waals surface area contributed by atoms with Crippen molar-refractivity contribution in [2.24, 2.45) is 5.92 Å². The Morgan fingerprint density at radius 2 is 1.64 bits per heavy atom. The molecule has 0 bridgehead atoms. The first-order valence-corrected chi connectivity index (χ1v) is 7.20. The Morgan fingerprint density at radius 1 is 1.00 bits per heavy atom. The molecule has 0 aliphatic heterocycles. The number of anilines is 1. The van der Waals surface area contributed by atoms with Crippen LogP contribution in [-0.2, 0) is 4.74 Å². The third-order valence-corrected chi connectivity index (χ3v) is 2.98. The van der Waals surface area contributed by atoms with E-state index in [9.17, 15) is 9.59 Å². The van der Waals surface area contributed by atoms with Crippen LogP contribution >= 0.6 is 0 Å². The lowest BCUT2D eigenvalue weighted by Crippen LogP contribution is -2.16. The van der Waals surface area contributed by atoms with E-state index in [2.05, 4.69) is 5.32 Å². The Hall–Kier alpha value is -2.62. The fourth-order valence-electron chi connectivity index (χ4n) is 1.87. The number of ether oxygens (including phenoxy) is 1. The first-order chi connectivity index (χ1) is 10.6. The van der Waals surface area contributed by atoms with Gasteiger partial charge in [0.25, 0.3) is 5.91 Å². The summed E-state index contributed by atoms with van der Waals surface area (Å²) in [6.07, 6.45) is 0. The smallest absolute Gasteiger partial charge is 0.340 e. The zero-order valence-electron chi connectivity index (χ0n) is 12.7. The molecule has 114 valence electrons. The fourth-order valence-corrected chi connectivity index (χ4v) is 1.87. The van der Waals surface area contributed by atoms with Gasteiger partial charge in [0.15, 0.2) is 0 Å². The topological polar surface area (TPSA) is 55.4 Å². The highest BCUT2D eigenvalue weighted by molar-refractivity contribution is 6.07.